The van der Waals surface area contributed by atoms with Crippen molar-refractivity contribution >= 4 is 19.1 Å². The van der Waals surface area contributed by atoms with Gasteiger partial charge in [0.15, 0.2) is 0 Å². The van der Waals surface area contributed by atoms with Gasteiger partial charge < -0.3 is 8.85 Å². The average Bonchev–Trinajstić information content (AvgIpc) is 2.22. The summed E-state index contributed by atoms with van der Waals surface area (Å²) in [6, 6.07) is 2.00. The molecule has 5 heteroatoms. The molecular weight excluding hydrogens is 203 g/mol. The fourth-order valence-corrected chi connectivity index (χ4v) is 3.00. The Hall–Kier alpha value is 0.284. The van der Waals surface area contributed by atoms with E-state index < -0.39 is 9.37 Å². The minimum atomic E-state index is -1.79. The Balaban J connectivity index is 0.000000132. The Labute approximate surface area is 83.7 Å². The van der Waals surface area contributed by atoms with Gasteiger partial charge in [0.05, 0.1) is 0 Å². The summed E-state index contributed by atoms with van der Waals surface area (Å²) < 4.78 is 21.9. The molecule has 0 N–H and O–H groups in total. The minimum Gasteiger partial charge on any atom is -0.417 e. The molecule has 0 aromatic rings. The standard InChI is InChI=1S/C4H8FOSi.C4H8OSi/c5-7-4-2-1-3-6-7;1-2-4-6-5-3-1/h1-4H2;1-4H2. The molecule has 2 aliphatic rings. The quantitative estimate of drug-likeness (QED) is 0.459. The van der Waals surface area contributed by atoms with Gasteiger partial charge in [-0.2, -0.15) is 0 Å². The van der Waals surface area contributed by atoms with Crippen molar-refractivity contribution in [3.05, 3.63) is 0 Å². The molecule has 0 aromatic heterocycles. The second-order valence-corrected chi connectivity index (χ2v) is 5.69. The number of hydrogen-bond acceptors (Lipinski definition) is 2. The van der Waals surface area contributed by atoms with Crippen molar-refractivity contribution in [2.45, 2.75) is 37.8 Å². The molecule has 75 valence electrons. The van der Waals surface area contributed by atoms with Crippen molar-refractivity contribution in [2.75, 3.05) is 13.2 Å². The fraction of sp³-hybridized carbons (Fsp3) is 1.00. The lowest BCUT2D eigenvalue weighted by Crippen LogP contribution is -2.17. The lowest BCUT2D eigenvalue weighted by molar-refractivity contribution is 0.259. The van der Waals surface area contributed by atoms with Crippen molar-refractivity contribution < 1.29 is 13.0 Å². The van der Waals surface area contributed by atoms with E-state index >= 15 is 0 Å². The zero-order valence-corrected chi connectivity index (χ0v) is 9.85. The van der Waals surface area contributed by atoms with Crippen molar-refractivity contribution in [1.29, 1.82) is 0 Å². The Morgan fingerprint density at radius 1 is 1.08 bits per heavy atom. The molecule has 2 nitrogen and oxygen atoms in total. The van der Waals surface area contributed by atoms with Crippen LogP contribution < -0.4 is 0 Å². The van der Waals surface area contributed by atoms with Crippen LogP contribution in [0.3, 0.4) is 0 Å². The molecule has 0 bridgehead atoms. The van der Waals surface area contributed by atoms with Gasteiger partial charge >= 0.3 is 9.37 Å². The second-order valence-electron chi connectivity index (χ2n) is 3.11. The van der Waals surface area contributed by atoms with Crippen LogP contribution in [0, 0.1) is 0 Å². The highest BCUT2D eigenvalue weighted by molar-refractivity contribution is 6.43. The van der Waals surface area contributed by atoms with Gasteiger partial charge in [-0.25, -0.2) is 0 Å². The first-order valence-electron chi connectivity index (χ1n) is 4.88. The molecule has 0 spiro atoms. The molecular formula is C8H16FO2Si2. The molecule has 0 saturated carbocycles. The van der Waals surface area contributed by atoms with Crippen molar-refractivity contribution in [3.63, 3.8) is 0 Å². The molecule has 2 saturated heterocycles. The molecule has 3 radical (unpaired) electrons. The first-order valence-corrected chi connectivity index (χ1v) is 7.49. The number of halogens is 1. The molecule has 2 heterocycles. The molecule has 0 amide bonds. The van der Waals surface area contributed by atoms with Crippen LogP contribution in [0.5, 0.6) is 0 Å². The summed E-state index contributed by atoms with van der Waals surface area (Å²) in [5.74, 6) is 0. The maximum absolute atomic E-state index is 12.1. The van der Waals surface area contributed by atoms with E-state index in [1.807, 2.05) is 0 Å². The minimum absolute atomic E-state index is 0.658. The van der Waals surface area contributed by atoms with Gasteiger partial charge in [-0.1, -0.05) is 6.42 Å². The zero-order valence-electron chi connectivity index (χ0n) is 7.85. The lowest BCUT2D eigenvalue weighted by Gasteiger charge is -2.10. The highest BCUT2D eigenvalue weighted by Gasteiger charge is 2.16. The third-order valence-corrected chi connectivity index (χ3v) is 4.13. The first-order chi connectivity index (χ1) is 6.39. The van der Waals surface area contributed by atoms with Gasteiger partial charge in [-0.3, -0.25) is 4.11 Å². The van der Waals surface area contributed by atoms with E-state index in [0.717, 1.165) is 29.2 Å². The van der Waals surface area contributed by atoms with Gasteiger partial charge in [0, 0.05) is 13.2 Å². The summed E-state index contributed by atoms with van der Waals surface area (Å²) in [6.07, 6.45) is 4.76. The topological polar surface area (TPSA) is 18.5 Å². The molecule has 2 fully saturated rings. The van der Waals surface area contributed by atoms with Gasteiger partial charge in [0.2, 0.25) is 9.76 Å². The largest absolute Gasteiger partial charge is 0.433 e. The van der Waals surface area contributed by atoms with Crippen LogP contribution in [0.2, 0.25) is 12.1 Å². The maximum Gasteiger partial charge on any atom is 0.433 e. The molecule has 0 atom stereocenters. The van der Waals surface area contributed by atoms with E-state index in [-0.39, 0.29) is 0 Å². The van der Waals surface area contributed by atoms with Crippen LogP contribution >= 0.6 is 0 Å². The monoisotopic (exact) mass is 219 g/mol. The predicted molar refractivity (Wildman–Crippen MR) is 52.6 cm³/mol. The molecule has 0 aromatic carbocycles. The molecule has 0 unspecified atom stereocenters. The van der Waals surface area contributed by atoms with Crippen molar-refractivity contribution in [1.82, 2.24) is 0 Å². The smallest absolute Gasteiger partial charge is 0.417 e. The average molecular weight is 219 g/mol. The molecule has 2 aliphatic heterocycles. The summed E-state index contributed by atoms with van der Waals surface area (Å²) in [4.78, 5) is 0. The summed E-state index contributed by atoms with van der Waals surface area (Å²) >= 11 is 0. The Morgan fingerprint density at radius 2 is 1.92 bits per heavy atom. The summed E-state index contributed by atoms with van der Waals surface area (Å²) in [5, 5.41) is 0. The van der Waals surface area contributed by atoms with Crippen LogP contribution in [0.25, 0.3) is 0 Å². The Morgan fingerprint density at radius 3 is 2.15 bits per heavy atom. The summed E-state index contributed by atoms with van der Waals surface area (Å²) in [6.45, 7) is 1.67. The van der Waals surface area contributed by atoms with Crippen LogP contribution in [-0.4, -0.2) is 32.4 Å². The lowest BCUT2D eigenvalue weighted by atomic mass is 10.4. The van der Waals surface area contributed by atoms with Gasteiger partial charge in [-0.15, -0.1) is 0 Å². The molecule has 0 aliphatic carbocycles. The molecule has 2 rings (SSSR count). The van der Waals surface area contributed by atoms with E-state index in [9.17, 15) is 4.11 Å². The Bertz CT molecular complexity index is 105. The van der Waals surface area contributed by atoms with Crippen LogP contribution in [0.4, 0.5) is 4.11 Å². The summed E-state index contributed by atoms with van der Waals surface area (Å²) in [5.41, 5.74) is 0. The number of hydrogen-bond donors (Lipinski definition) is 0. The third-order valence-electron chi connectivity index (χ3n) is 1.90. The van der Waals surface area contributed by atoms with E-state index in [2.05, 4.69) is 0 Å². The zero-order chi connectivity index (χ0) is 9.36. The van der Waals surface area contributed by atoms with E-state index in [4.69, 9.17) is 8.85 Å². The van der Waals surface area contributed by atoms with Gasteiger partial charge in [-0.05, 0) is 31.4 Å². The summed E-state index contributed by atoms with van der Waals surface area (Å²) in [7, 11) is -0.991. The van der Waals surface area contributed by atoms with Crippen molar-refractivity contribution in [3.8, 4) is 0 Å². The van der Waals surface area contributed by atoms with E-state index in [1.54, 1.807) is 0 Å². The van der Waals surface area contributed by atoms with E-state index in [0.29, 0.717) is 12.7 Å². The van der Waals surface area contributed by atoms with Crippen molar-refractivity contribution in [2.24, 2.45) is 0 Å². The maximum atomic E-state index is 12.1. The highest BCUT2D eigenvalue weighted by atomic mass is 28.3. The second kappa shape index (κ2) is 7.67. The first kappa shape index (κ1) is 11.4. The highest BCUT2D eigenvalue weighted by Crippen LogP contribution is 2.10. The van der Waals surface area contributed by atoms with Crippen LogP contribution in [0.1, 0.15) is 25.7 Å². The third kappa shape index (κ3) is 6.37. The van der Waals surface area contributed by atoms with Crippen LogP contribution in [0.15, 0.2) is 0 Å². The van der Waals surface area contributed by atoms with E-state index in [1.165, 1.54) is 18.9 Å². The fourth-order valence-electron chi connectivity index (χ4n) is 1.14. The molecule has 13 heavy (non-hydrogen) atoms. The number of rotatable bonds is 0. The van der Waals surface area contributed by atoms with Gasteiger partial charge in [0.1, 0.15) is 0 Å². The predicted octanol–water partition coefficient (Wildman–Crippen LogP) is 2.09. The Kier molecular flexibility index (Phi) is 6.70. The van der Waals surface area contributed by atoms with Crippen LogP contribution in [-0.2, 0) is 8.85 Å². The SMILES string of the molecule is C1CC[Si]OC1.F[Si]1CCCCO1. The van der Waals surface area contributed by atoms with Gasteiger partial charge in [0.25, 0.3) is 0 Å². The normalized spacial score (nSPS) is 24.7.